The van der Waals surface area contributed by atoms with Crippen molar-refractivity contribution in [3.8, 4) is 34.5 Å². The zero-order valence-electron chi connectivity index (χ0n) is 52.0. The largest absolute Gasteiger partial charge is 0.508 e. The lowest BCUT2D eigenvalue weighted by Gasteiger charge is -2.43. The predicted octanol–water partition coefficient (Wildman–Crippen LogP) is 16.4. The minimum Gasteiger partial charge on any atom is -0.508 e. The summed E-state index contributed by atoms with van der Waals surface area (Å²) in [6.45, 7) is 14.1. The average Bonchev–Trinajstić information content (AvgIpc) is 1.58. The molecule has 472 valence electrons. The summed E-state index contributed by atoms with van der Waals surface area (Å²) in [5, 5.41) is 19.8. The smallest absolute Gasteiger partial charge is 0.316 e. The number of unbranched alkanes of at least 4 members (excludes halogenated alkanes) is 12. The van der Waals surface area contributed by atoms with Gasteiger partial charge in [0.1, 0.15) is 57.9 Å². The Labute approximate surface area is 509 Å². The molecule has 2 unspecified atom stereocenters. The third kappa shape index (κ3) is 21.7. The van der Waals surface area contributed by atoms with Gasteiger partial charge in [-0.3, -0.25) is 19.2 Å². The number of esters is 2. The molecule has 0 saturated carbocycles. The van der Waals surface area contributed by atoms with E-state index in [1.54, 1.807) is 52.3 Å². The summed E-state index contributed by atoms with van der Waals surface area (Å²) in [5.41, 5.74) is 4.27. The maximum atomic E-state index is 12.4. The van der Waals surface area contributed by atoms with Crippen molar-refractivity contribution in [2.45, 2.75) is 213 Å². The quantitative estimate of drug-likeness (QED) is 0.0187. The first-order valence-corrected chi connectivity index (χ1v) is 31.4. The number of methoxy groups -OCH3 is 2. The van der Waals surface area contributed by atoms with Crippen LogP contribution in [0, 0.1) is 11.8 Å². The number of aromatic hydroxyl groups is 2. The summed E-state index contributed by atoms with van der Waals surface area (Å²) < 4.78 is 44.2. The Morgan fingerprint density at radius 2 is 0.882 bits per heavy atom. The molecule has 0 spiro atoms. The summed E-state index contributed by atoms with van der Waals surface area (Å²) in [6.07, 6.45) is 20.7. The zero-order chi connectivity index (χ0) is 60.7. The van der Waals surface area contributed by atoms with Crippen LogP contribution in [-0.2, 0) is 49.0 Å². The lowest BCUT2D eigenvalue weighted by molar-refractivity contribution is -0.153. The van der Waals surface area contributed by atoms with E-state index in [1.807, 2.05) is 56.3 Å². The highest BCUT2D eigenvalue weighted by atomic mass is 16.7. The van der Waals surface area contributed by atoms with E-state index >= 15 is 0 Å². The van der Waals surface area contributed by atoms with E-state index in [9.17, 15) is 29.4 Å². The molecule has 2 aliphatic heterocycles. The topological polar surface area (TPSA) is 183 Å². The summed E-state index contributed by atoms with van der Waals surface area (Å²) in [7, 11) is 3.23. The Morgan fingerprint density at radius 3 is 1.32 bits per heavy atom. The highest BCUT2D eigenvalue weighted by Gasteiger charge is 2.44. The molecule has 14 heteroatoms. The molecule has 6 atom stereocenters. The van der Waals surface area contributed by atoms with E-state index < -0.39 is 11.8 Å². The van der Waals surface area contributed by atoms with Gasteiger partial charge in [-0.1, -0.05) is 161 Å². The van der Waals surface area contributed by atoms with E-state index in [0.29, 0.717) is 52.1 Å². The highest BCUT2D eigenvalue weighted by molar-refractivity contribution is 5.99. The molecule has 2 N–H and O–H groups in total. The van der Waals surface area contributed by atoms with Crippen molar-refractivity contribution in [3.63, 3.8) is 0 Å². The molecule has 0 saturated heterocycles. The Hall–Kier alpha value is -6.12. The van der Waals surface area contributed by atoms with E-state index in [-0.39, 0.29) is 78.7 Å². The van der Waals surface area contributed by atoms with Crippen molar-refractivity contribution in [2.75, 3.05) is 54.2 Å². The summed E-state index contributed by atoms with van der Waals surface area (Å²) >= 11 is 0. The van der Waals surface area contributed by atoms with E-state index in [4.69, 9.17) is 37.9 Å². The normalized spacial score (nSPS) is 18.3. The van der Waals surface area contributed by atoms with Crippen LogP contribution in [0.3, 0.4) is 0 Å². The van der Waals surface area contributed by atoms with Crippen LogP contribution in [0.1, 0.15) is 224 Å². The molecule has 0 amide bonds. The standard InChI is InChI=1S/C37H54O8.C33H46O6.CH4/c1-6-15-34(38)32(36(39)42-7-2)16-13-11-9-8-10-12-14-17-33-31-23-22-30(45-27-41-5)24-35(31)43-25-37(33,3)28-18-20-29(21-19-28)44-26-40-4;1-4-13-30(36)28(32(37)38-5-2)14-11-9-7-6-8-10-12-15-29-27-21-20-26(35)22-31(27)39-23-33(29,3)24-16-18-25(34)19-17-24;/h18-24,32-33H,6-17,25-27H2,1-5H3;16-22,28-29,34-35H,4-15,23H2,1-3H3;1H4/t32?,33-,37-;28?,29-,33-;/m11./s1. The number of carbonyl (C=O) groups is 4. The second-order valence-electron chi connectivity index (χ2n) is 23.3. The number of rotatable bonds is 38. The third-order valence-electron chi connectivity index (χ3n) is 16.9. The van der Waals surface area contributed by atoms with E-state index in [2.05, 4.69) is 32.0 Å². The van der Waals surface area contributed by atoms with Crippen molar-refractivity contribution in [2.24, 2.45) is 11.8 Å². The van der Waals surface area contributed by atoms with Gasteiger partial charge in [-0.25, -0.2) is 0 Å². The first kappa shape index (κ1) is 71.4. The minimum atomic E-state index is -0.600. The number of hydrogen-bond acceptors (Lipinski definition) is 14. The Balaban J connectivity index is 0.000000364. The first-order valence-electron chi connectivity index (χ1n) is 31.4. The number of fused-ring (bicyclic) bond motifs is 2. The van der Waals surface area contributed by atoms with Gasteiger partial charge in [0.25, 0.3) is 0 Å². The van der Waals surface area contributed by atoms with Crippen LogP contribution in [0.15, 0.2) is 84.9 Å². The summed E-state index contributed by atoms with van der Waals surface area (Å²) in [6, 6.07) is 27.3. The second-order valence-corrected chi connectivity index (χ2v) is 23.3. The molecule has 0 bridgehead atoms. The third-order valence-corrected chi connectivity index (χ3v) is 16.9. The van der Waals surface area contributed by atoms with Crippen molar-refractivity contribution >= 4 is 23.5 Å². The van der Waals surface area contributed by atoms with Crippen LogP contribution in [0.4, 0.5) is 0 Å². The van der Waals surface area contributed by atoms with Gasteiger partial charge in [0.05, 0.1) is 26.4 Å². The van der Waals surface area contributed by atoms with Crippen LogP contribution in [0.5, 0.6) is 34.5 Å². The van der Waals surface area contributed by atoms with Crippen molar-refractivity contribution in [3.05, 3.63) is 107 Å². The molecular weight excluding hydrogens is 1080 g/mol. The van der Waals surface area contributed by atoms with Crippen LogP contribution < -0.4 is 18.9 Å². The molecule has 0 radical (unpaired) electrons. The Kier molecular flexibility index (Phi) is 32.0. The monoisotopic (exact) mass is 1180 g/mol. The van der Waals surface area contributed by atoms with Gasteiger partial charge in [-0.05, 0) is 111 Å². The maximum Gasteiger partial charge on any atom is 0.316 e. The van der Waals surface area contributed by atoms with Gasteiger partial charge in [-0.2, -0.15) is 0 Å². The number of carbonyl (C=O) groups excluding carboxylic acids is 4. The molecule has 85 heavy (non-hydrogen) atoms. The molecular formula is C71H104O14. The molecule has 14 nitrogen and oxygen atoms in total. The number of phenols is 2. The molecule has 2 aliphatic rings. The van der Waals surface area contributed by atoms with Gasteiger partial charge in [-0.15, -0.1) is 0 Å². The van der Waals surface area contributed by atoms with Crippen molar-refractivity contribution < 1.29 is 67.3 Å². The number of phenolic OH excluding ortho intramolecular Hbond substituents is 2. The second kappa shape index (κ2) is 38.1. The highest BCUT2D eigenvalue weighted by Crippen LogP contribution is 2.51. The lowest BCUT2D eigenvalue weighted by Crippen LogP contribution is -2.40. The summed E-state index contributed by atoms with van der Waals surface area (Å²) in [5.74, 6) is 2.26. The first-order chi connectivity index (χ1) is 40.7. The minimum absolute atomic E-state index is 0. The molecule has 2 heterocycles. The SMILES string of the molecule is C.CCCC(=O)C(CCCCCCCCC[C@@H]1c2ccc(O)cc2OC[C@]1(C)c1ccc(O)cc1)C(=O)OCC.CCCC(=O)C(CCCCCCCCC[C@@H]1c2ccc(OCOC)cc2OC[C@]1(C)c1ccc(OCOC)cc1)C(=O)OCC. The number of ether oxygens (including phenoxy) is 8. The van der Waals surface area contributed by atoms with Crippen LogP contribution in [-0.4, -0.2) is 88.0 Å². The van der Waals surface area contributed by atoms with Gasteiger partial charge in [0.15, 0.2) is 13.6 Å². The van der Waals surface area contributed by atoms with Crippen LogP contribution in [0.2, 0.25) is 0 Å². The molecule has 0 aliphatic carbocycles. The fourth-order valence-corrected chi connectivity index (χ4v) is 12.2. The van der Waals surface area contributed by atoms with Crippen molar-refractivity contribution in [1.29, 1.82) is 0 Å². The van der Waals surface area contributed by atoms with E-state index in [1.165, 1.54) is 11.1 Å². The fraction of sp³-hybridized carbons (Fsp3) is 0.606. The number of Topliss-reactive ketones (excluding diaryl/α,β-unsaturated/α-hetero) is 2. The maximum absolute atomic E-state index is 12.4. The van der Waals surface area contributed by atoms with Gasteiger partial charge in [0.2, 0.25) is 0 Å². The zero-order valence-corrected chi connectivity index (χ0v) is 52.0. The molecule has 4 aromatic carbocycles. The molecule has 0 fully saturated rings. The fourth-order valence-electron chi connectivity index (χ4n) is 12.2. The molecule has 6 rings (SSSR count). The van der Waals surface area contributed by atoms with Crippen LogP contribution in [0.25, 0.3) is 0 Å². The number of benzene rings is 4. The predicted molar refractivity (Wildman–Crippen MR) is 335 cm³/mol. The Morgan fingerprint density at radius 1 is 0.506 bits per heavy atom. The summed E-state index contributed by atoms with van der Waals surface area (Å²) in [4.78, 5) is 49.2. The number of ketones is 2. The van der Waals surface area contributed by atoms with Gasteiger partial charge in [0, 0.05) is 61.9 Å². The molecule has 0 aromatic heterocycles. The molecule has 4 aromatic rings. The Bertz CT molecular complexity index is 2540. The van der Waals surface area contributed by atoms with E-state index in [0.717, 1.165) is 150 Å². The van der Waals surface area contributed by atoms with Gasteiger partial charge >= 0.3 is 11.9 Å². The van der Waals surface area contributed by atoms with Gasteiger partial charge < -0.3 is 48.1 Å². The lowest BCUT2D eigenvalue weighted by atomic mass is 9.66. The van der Waals surface area contributed by atoms with Crippen LogP contribution >= 0.6 is 0 Å². The average molecular weight is 1180 g/mol. The number of hydrogen-bond donors (Lipinski definition) is 2. The van der Waals surface area contributed by atoms with Crippen molar-refractivity contribution in [1.82, 2.24) is 0 Å².